The van der Waals surface area contributed by atoms with Crippen LogP contribution in [0.3, 0.4) is 0 Å². The number of benzene rings is 1. The Hall–Kier alpha value is -2.16. The average Bonchev–Trinajstić information content (AvgIpc) is 3.06. The second-order valence-electron chi connectivity index (χ2n) is 8.00. The van der Waals surface area contributed by atoms with E-state index in [1.165, 1.54) is 28.7 Å². The Bertz CT molecular complexity index is 1120. The summed E-state index contributed by atoms with van der Waals surface area (Å²) in [6.45, 7) is 8.63. The van der Waals surface area contributed by atoms with E-state index in [1.54, 1.807) is 11.7 Å². The quantitative estimate of drug-likeness (QED) is 0.350. The molecule has 1 amide bonds. The Morgan fingerprint density at radius 2 is 1.97 bits per heavy atom. The van der Waals surface area contributed by atoms with Crippen molar-refractivity contribution in [3.05, 3.63) is 56.7 Å². The van der Waals surface area contributed by atoms with Crippen LogP contribution in [0.2, 0.25) is 0 Å². The van der Waals surface area contributed by atoms with Gasteiger partial charge in [0.05, 0.1) is 23.8 Å². The number of nitrogens with zero attached hydrogens (tertiary/aromatic N) is 2. The molecule has 0 spiro atoms. The van der Waals surface area contributed by atoms with Crippen LogP contribution in [0.1, 0.15) is 36.3 Å². The largest absolute Gasteiger partial charge is 0.383 e. The molecule has 0 saturated carbocycles. The molecule has 6 nitrogen and oxygen atoms in total. The summed E-state index contributed by atoms with van der Waals surface area (Å²) in [6.07, 6.45) is 1.78. The van der Waals surface area contributed by atoms with Gasteiger partial charge in [0.1, 0.15) is 4.83 Å². The van der Waals surface area contributed by atoms with Crippen LogP contribution in [-0.2, 0) is 22.5 Å². The van der Waals surface area contributed by atoms with Gasteiger partial charge in [-0.15, -0.1) is 11.3 Å². The molecule has 3 aromatic rings. The SMILES string of the molecule is COCCn1c(S[C@@H](C)C(=O)N[C@@H](C)CCc2ccccc2)nc2sc(C)c(C)c2c1=O. The Balaban J connectivity index is 1.72. The number of aryl methyl sites for hydroxylation is 3. The molecule has 0 aliphatic heterocycles. The summed E-state index contributed by atoms with van der Waals surface area (Å²) in [6, 6.07) is 10.3. The van der Waals surface area contributed by atoms with Gasteiger partial charge in [0.25, 0.3) is 5.56 Å². The zero-order valence-corrected chi connectivity index (χ0v) is 20.9. The van der Waals surface area contributed by atoms with Crippen molar-refractivity contribution in [1.29, 1.82) is 0 Å². The molecule has 0 saturated heterocycles. The number of carbonyl (C=O) groups excluding carboxylic acids is 1. The second-order valence-corrected chi connectivity index (χ2v) is 10.5. The first-order valence-electron chi connectivity index (χ1n) is 10.8. The molecule has 2 aromatic heterocycles. The predicted molar refractivity (Wildman–Crippen MR) is 133 cm³/mol. The minimum Gasteiger partial charge on any atom is -0.383 e. The summed E-state index contributed by atoms with van der Waals surface area (Å²) in [4.78, 5) is 32.6. The molecular formula is C24H31N3O3S2. The van der Waals surface area contributed by atoms with Crippen molar-refractivity contribution < 1.29 is 9.53 Å². The Kier molecular flexibility index (Phi) is 8.51. The van der Waals surface area contributed by atoms with Gasteiger partial charge in [0.15, 0.2) is 5.16 Å². The zero-order chi connectivity index (χ0) is 23.3. The van der Waals surface area contributed by atoms with E-state index >= 15 is 0 Å². The van der Waals surface area contributed by atoms with Crippen LogP contribution in [0.4, 0.5) is 0 Å². The maximum Gasteiger partial charge on any atom is 0.263 e. The van der Waals surface area contributed by atoms with E-state index in [0.717, 1.165) is 28.1 Å². The standard InChI is InChI=1S/C24H31N3O3S2/c1-15(11-12-19-9-7-6-8-10-19)25-21(28)18(4)32-24-26-22-20(16(2)17(3)31-22)23(29)27(24)13-14-30-5/h6-10,15,18H,11-14H2,1-5H3,(H,25,28)/t15-,18-/m0/s1. The number of ether oxygens (including phenoxy) is 1. The summed E-state index contributed by atoms with van der Waals surface area (Å²) in [5.74, 6) is -0.0539. The van der Waals surface area contributed by atoms with E-state index in [9.17, 15) is 9.59 Å². The minimum absolute atomic E-state index is 0.0539. The van der Waals surface area contributed by atoms with Gasteiger partial charge in [-0.25, -0.2) is 4.98 Å². The molecule has 2 heterocycles. The number of nitrogens with one attached hydrogen (secondary N) is 1. The lowest BCUT2D eigenvalue weighted by Crippen LogP contribution is -2.38. The maximum absolute atomic E-state index is 13.2. The van der Waals surface area contributed by atoms with Gasteiger partial charge < -0.3 is 10.1 Å². The lowest BCUT2D eigenvalue weighted by molar-refractivity contribution is -0.120. The van der Waals surface area contributed by atoms with Crippen molar-refractivity contribution in [1.82, 2.24) is 14.9 Å². The fourth-order valence-corrected chi connectivity index (χ4v) is 5.46. The van der Waals surface area contributed by atoms with Crippen molar-refractivity contribution in [2.45, 2.75) is 63.5 Å². The third-order valence-corrected chi connectivity index (χ3v) is 7.71. The third kappa shape index (κ3) is 5.79. The molecule has 0 aliphatic rings. The highest BCUT2D eigenvalue weighted by molar-refractivity contribution is 8.00. The number of hydrogen-bond donors (Lipinski definition) is 1. The summed E-state index contributed by atoms with van der Waals surface area (Å²) < 4.78 is 6.84. The summed E-state index contributed by atoms with van der Waals surface area (Å²) >= 11 is 2.84. The van der Waals surface area contributed by atoms with Crippen LogP contribution < -0.4 is 10.9 Å². The van der Waals surface area contributed by atoms with Crippen LogP contribution in [0.5, 0.6) is 0 Å². The van der Waals surface area contributed by atoms with Crippen LogP contribution in [0, 0.1) is 13.8 Å². The van der Waals surface area contributed by atoms with E-state index in [2.05, 4.69) is 17.4 Å². The fourth-order valence-electron chi connectivity index (χ4n) is 3.45. The second kappa shape index (κ2) is 11.1. The highest BCUT2D eigenvalue weighted by Gasteiger charge is 2.22. The van der Waals surface area contributed by atoms with Crippen molar-refractivity contribution >= 4 is 39.2 Å². The van der Waals surface area contributed by atoms with Crippen molar-refractivity contribution in [2.75, 3.05) is 13.7 Å². The molecule has 172 valence electrons. The van der Waals surface area contributed by atoms with Gasteiger partial charge in [0.2, 0.25) is 5.91 Å². The molecule has 32 heavy (non-hydrogen) atoms. The Morgan fingerprint density at radius 1 is 1.25 bits per heavy atom. The lowest BCUT2D eigenvalue weighted by atomic mass is 10.1. The number of carbonyl (C=O) groups is 1. The third-order valence-electron chi connectivity index (χ3n) is 5.52. The first kappa shape index (κ1) is 24.5. The van der Waals surface area contributed by atoms with Crippen molar-refractivity contribution in [3.63, 3.8) is 0 Å². The maximum atomic E-state index is 13.2. The monoisotopic (exact) mass is 473 g/mol. The molecule has 0 fully saturated rings. The van der Waals surface area contributed by atoms with E-state index in [0.29, 0.717) is 23.7 Å². The van der Waals surface area contributed by atoms with E-state index < -0.39 is 0 Å². The summed E-state index contributed by atoms with van der Waals surface area (Å²) in [5, 5.41) is 3.94. The van der Waals surface area contributed by atoms with Crippen molar-refractivity contribution in [3.8, 4) is 0 Å². The highest BCUT2D eigenvalue weighted by Crippen LogP contribution is 2.29. The van der Waals surface area contributed by atoms with Gasteiger partial charge in [-0.2, -0.15) is 0 Å². The molecular weight excluding hydrogens is 442 g/mol. The highest BCUT2D eigenvalue weighted by atomic mass is 32.2. The van der Waals surface area contributed by atoms with E-state index in [1.807, 2.05) is 45.9 Å². The predicted octanol–water partition coefficient (Wildman–Crippen LogP) is 4.34. The fraction of sp³-hybridized carbons (Fsp3) is 0.458. The van der Waals surface area contributed by atoms with Crippen LogP contribution in [0.15, 0.2) is 40.3 Å². The molecule has 0 aliphatic carbocycles. The summed E-state index contributed by atoms with van der Waals surface area (Å²) in [7, 11) is 1.61. The number of thioether (sulfide) groups is 1. The number of fused-ring (bicyclic) bond motifs is 1. The first-order chi connectivity index (χ1) is 15.3. The van der Waals surface area contributed by atoms with Gasteiger partial charge >= 0.3 is 0 Å². The van der Waals surface area contributed by atoms with Crippen LogP contribution >= 0.6 is 23.1 Å². The van der Waals surface area contributed by atoms with Crippen molar-refractivity contribution in [2.24, 2.45) is 0 Å². The normalized spacial score (nSPS) is 13.3. The van der Waals surface area contributed by atoms with Crippen LogP contribution in [0.25, 0.3) is 10.2 Å². The Morgan fingerprint density at radius 3 is 2.66 bits per heavy atom. The lowest BCUT2D eigenvalue weighted by Gasteiger charge is -2.18. The molecule has 2 atom stereocenters. The minimum atomic E-state index is -0.380. The summed E-state index contributed by atoms with van der Waals surface area (Å²) in [5.41, 5.74) is 2.17. The molecule has 1 aromatic carbocycles. The number of hydrogen-bond acceptors (Lipinski definition) is 6. The smallest absolute Gasteiger partial charge is 0.263 e. The van der Waals surface area contributed by atoms with Gasteiger partial charge in [-0.1, -0.05) is 42.1 Å². The van der Waals surface area contributed by atoms with Crippen LogP contribution in [-0.4, -0.2) is 40.5 Å². The zero-order valence-electron chi connectivity index (χ0n) is 19.3. The first-order valence-corrected chi connectivity index (χ1v) is 12.5. The number of amides is 1. The average molecular weight is 474 g/mol. The molecule has 0 bridgehead atoms. The Labute approximate surface area is 197 Å². The van der Waals surface area contributed by atoms with Gasteiger partial charge in [0, 0.05) is 18.0 Å². The van der Waals surface area contributed by atoms with E-state index in [4.69, 9.17) is 9.72 Å². The molecule has 0 radical (unpaired) electrons. The van der Waals surface area contributed by atoms with E-state index in [-0.39, 0.29) is 22.8 Å². The number of thiophene rings is 1. The number of methoxy groups -OCH3 is 1. The number of aromatic nitrogens is 2. The topological polar surface area (TPSA) is 73.2 Å². The van der Waals surface area contributed by atoms with Gasteiger partial charge in [-0.3, -0.25) is 14.2 Å². The molecule has 1 N–H and O–H groups in total. The molecule has 3 rings (SSSR count). The van der Waals surface area contributed by atoms with Gasteiger partial charge in [-0.05, 0) is 51.7 Å². The molecule has 8 heteroatoms. The molecule has 0 unspecified atom stereocenters. The number of rotatable bonds is 10.